The lowest BCUT2D eigenvalue weighted by atomic mass is 9.76. The van der Waals surface area contributed by atoms with E-state index in [2.05, 4.69) is 16.0 Å². The molecule has 3 fully saturated rings. The van der Waals surface area contributed by atoms with Crippen molar-refractivity contribution in [2.75, 3.05) is 44.8 Å². The predicted molar refractivity (Wildman–Crippen MR) is 157 cm³/mol. The maximum atomic E-state index is 15.2. The average Bonchev–Trinajstić information content (AvgIpc) is 2.98. The first-order chi connectivity index (χ1) is 20.3. The van der Waals surface area contributed by atoms with Crippen LogP contribution < -0.4 is 16.0 Å². The molecule has 228 valence electrons. The Morgan fingerprint density at radius 3 is 2.50 bits per heavy atom. The third kappa shape index (κ3) is 7.60. The summed E-state index contributed by atoms with van der Waals surface area (Å²) in [5, 5.41) is 19.1. The van der Waals surface area contributed by atoms with E-state index in [0.29, 0.717) is 74.9 Å². The lowest BCUT2D eigenvalue weighted by Crippen LogP contribution is -2.56. The van der Waals surface area contributed by atoms with Crippen LogP contribution in [0.2, 0.25) is 5.02 Å². The van der Waals surface area contributed by atoms with Crippen molar-refractivity contribution in [2.24, 2.45) is 5.92 Å². The van der Waals surface area contributed by atoms with Crippen molar-refractivity contribution < 1.29 is 33.3 Å². The van der Waals surface area contributed by atoms with Crippen molar-refractivity contribution >= 4 is 29.3 Å². The average molecular weight is 604 g/mol. The van der Waals surface area contributed by atoms with E-state index < -0.39 is 29.8 Å². The van der Waals surface area contributed by atoms with Gasteiger partial charge in [0.2, 0.25) is 5.91 Å². The van der Waals surface area contributed by atoms with E-state index in [1.165, 1.54) is 6.07 Å². The molecule has 2 amide bonds. The normalized spacial score (nSPS) is 22.3. The quantitative estimate of drug-likeness (QED) is 0.327. The van der Waals surface area contributed by atoms with E-state index in [-0.39, 0.29) is 17.6 Å². The summed E-state index contributed by atoms with van der Waals surface area (Å²) in [4.78, 5) is 25.8. The second-order valence-corrected chi connectivity index (χ2v) is 11.9. The summed E-state index contributed by atoms with van der Waals surface area (Å²) in [7, 11) is 0. The van der Waals surface area contributed by atoms with Gasteiger partial charge in [0.1, 0.15) is 11.9 Å². The largest absolute Gasteiger partial charge is 0.465 e. The van der Waals surface area contributed by atoms with Gasteiger partial charge in [0, 0.05) is 74.6 Å². The molecule has 3 heterocycles. The topological polar surface area (TPSA) is 118 Å². The fraction of sp³-hybridized carbons (Fsp3) is 0.548. The highest BCUT2D eigenvalue weighted by Crippen LogP contribution is 2.37. The van der Waals surface area contributed by atoms with Crippen LogP contribution in [0.15, 0.2) is 42.5 Å². The molecule has 0 saturated carbocycles. The van der Waals surface area contributed by atoms with Crippen molar-refractivity contribution in [3.05, 3.63) is 64.4 Å². The van der Waals surface area contributed by atoms with Crippen molar-refractivity contribution in [2.45, 2.75) is 62.2 Å². The van der Waals surface area contributed by atoms with Gasteiger partial charge >= 0.3 is 6.09 Å². The van der Waals surface area contributed by atoms with Gasteiger partial charge in [-0.25, -0.2) is 9.18 Å². The molecule has 42 heavy (non-hydrogen) atoms. The highest BCUT2D eigenvalue weighted by Gasteiger charge is 2.40. The van der Waals surface area contributed by atoms with E-state index in [1.54, 1.807) is 24.3 Å². The number of nitrogens with one attached hydrogen (secondary N) is 3. The monoisotopic (exact) mass is 603 g/mol. The van der Waals surface area contributed by atoms with Crippen LogP contribution in [-0.4, -0.2) is 74.4 Å². The number of ether oxygens (including phenoxy) is 3. The first-order valence-corrected chi connectivity index (χ1v) is 15.1. The number of hydrogen-bond donors (Lipinski definition) is 4. The molecule has 5 rings (SSSR count). The summed E-state index contributed by atoms with van der Waals surface area (Å²) < 4.78 is 32.7. The molecule has 4 N–H and O–H groups in total. The van der Waals surface area contributed by atoms with Crippen LogP contribution >= 0.6 is 11.6 Å². The zero-order valence-electron chi connectivity index (χ0n) is 23.6. The minimum atomic E-state index is -1.32. The molecule has 0 aliphatic carbocycles. The smallest absolute Gasteiger partial charge is 0.405 e. The lowest BCUT2D eigenvalue weighted by molar-refractivity contribution is -0.160. The molecule has 11 heteroatoms. The Morgan fingerprint density at radius 2 is 1.79 bits per heavy atom. The Hall–Kier alpha value is -2.76. The molecule has 2 aromatic rings. The number of rotatable bonds is 9. The molecule has 0 unspecified atom stereocenters. The summed E-state index contributed by atoms with van der Waals surface area (Å²) in [6.45, 7) is 3.81. The molecule has 3 aliphatic rings. The molecule has 1 spiro atoms. The summed E-state index contributed by atoms with van der Waals surface area (Å²) >= 11 is 6.13. The van der Waals surface area contributed by atoms with Crippen molar-refractivity contribution in [1.29, 1.82) is 0 Å². The molecule has 0 radical (unpaired) electrons. The number of benzene rings is 2. The Kier molecular flexibility index (Phi) is 10.3. The van der Waals surface area contributed by atoms with Crippen molar-refractivity contribution in [3.8, 4) is 0 Å². The number of halogens is 2. The van der Waals surface area contributed by atoms with Gasteiger partial charge in [0.15, 0.2) is 0 Å². The first-order valence-electron chi connectivity index (χ1n) is 14.7. The van der Waals surface area contributed by atoms with E-state index in [4.69, 9.17) is 25.8 Å². The fourth-order valence-electron chi connectivity index (χ4n) is 6.49. The highest BCUT2D eigenvalue weighted by molar-refractivity contribution is 6.30. The van der Waals surface area contributed by atoms with E-state index in [1.807, 2.05) is 12.1 Å². The predicted octanol–water partition coefficient (Wildman–Crippen LogP) is 4.73. The number of carbonyl (C=O) groups is 2. The molecular weight excluding hydrogens is 565 g/mol. The lowest BCUT2D eigenvalue weighted by Gasteiger charge is -2.44. The van der Waals surface area contributed by atoms with Crippen LogP contribution in [0.4, 0.5) is 14.9 Å². The van der Waals surface area contributed by atoms with E-state index in [9.17, 15) is 14.7 Å². The van der Waals surface area contributed by atoms with Gasteiger partial charge in [0.05, 0.1) is 11.7 Å². The first kappa shape index (κ1) is 30.7. The molecule has 3 atom stereocenters. The van der Waals surface area contributed by atoms with Crippen LogP contribution in [-0.2, 0) is 25.4 Å². The van der Waals surface area contributed by atoms with Gasteiger partial charge < -0.3 is 35.3 Å². The van der Waals surface area contributed by atoms with Gasteiger partial charge in [0.25, 0.3) is 0 Å². The molecular formula is C31H39ClFN3O6. The molecule has 3 saturated heterocycles. The summed E-state index contributed by atoms with van der Waals surface area (Å²) in [6, 6.07) is 10.6. The third-order valence-electron chi connectivity index (χ3n) is 8.68. The van der Waals surface area contributed by atoms with Crippen LogP contribution in [0.1, 0.15) is 49.1 Å². The molecule has 3 aliphatic heterocycles. The van der Waals surface area contributed by atoms with Gasteiger partial charge in [-0.15, -0.1) is 0 Å². The van der Waals surface area contributed by atoms with E-state index >= 15 is 4.39 Å². The minimum Gasteiger partial charge on any atom is -0.465 e. The van der Waals surface area contributed by atoms with Crippen LogP contribution in [0.3, 0.4) is 0 Å². The molecule has 0 aromatic heterocycles. The van der Waals surface area contributed by atoms with Gasteiger partial charge in [-0.05, 0) is 61.4 Å². The van der Waals surface area contributed by atoms with Gasteiger partial charge in [-0.3, -0.25) is 4.79 Å². The number of amides is 2. The Morgan fingerprint density at radius 1 is 1.07 bits per heavy atom. The fourth-order valence-corrected chi connectivity index (χ4v) is 6.62. The number of anilines is 1. The van der Waals surface area contributed by atoms with Crippen molar-refractivity contribution in [3.63, 3.8) is 0 Å². The highest BCUT2D eigenvalue weighted by atomic mass is 35.5. The zero-order valence-corrected chi connectivity index (χ0v) is 24.3. The summed E-state index contributed by atoms with van der Waals surface area (Å²) in [5.41, 5.74) is 1.22. The standard InChI is InChI=1S/C31H39ClFN3O6/c32-22-6-4-20(5-7-22)27(21-10-14-40-15-11-21)28(36-30(38)39)29(37)35-26-3-1-2-25(33)24(26)9-8-23-18-34-19-31(42-23)12-16-41-17-13-31/h1-7,21,23,27-28,34,36H,8-19H2,(H,35,37)(H,38,39)/t23-,27+,28+/m1/s1. The third-order valence-corrected chi connectivity index (χ3v) is 8.93. The van der Waals surface area contributed by atoms with Crippen LogP contribution in [0, 0.1) is 11.7 Å². The zero-order chi connectivity index (χ0) is 29.5. The summed E-state index contributed by atoms with van der Waals surface area (Å²) in [6.07, 6.45) is 2.47. The number of hydrogen-bond acceptors (Lipinski definition) is 6. The SMILES string of the molecule is O=C(O)N[C@H](C(=O)Nc1cccc(F)c1CC[C@@H]1CNCC2(CCOCC2)O1)[C@@H](c1ccc(Cl)cc1)C1CCOCC1. The maximum Gasteiger partial charge on any atom is 0.405 e. The van der Waals surface area contributed by atoms with Gasteiger partial charge in [-0.2, -0.15) is 0 Å². The summed E-state index contributed by atoms with van der Waals surface area (Å²) in [5.74, 6) is -1.47. The van der Waals surface area contributed by atoms with Gasteiger partial charge in [-0.1, -0.05) is 29.8 Å². The minimum absolute atomic E-state index is 0.0111. The second-order valence-electron chi connectivity index (χ2n) is 11.4. The number of carboxylic acid groups (broad SMARTS) is 1. The maximum absolute atomic E-state index is 15.2. The number of morpholine rings is 1. The van der Waals surface area contributed by atoms with E-state index in [0.717, 1.165) is 24.9 Å². The van der Waals surface area contributed by atoms with Crippen LogP contribution in [0.5, 0.6) is 0 Å². The Balaban J connectivity index is 1.35. The Labute approximate surface area is 250 Å². The molecule has 9 nitrogen and oxygen atoms in total. The number of carbonyl (C=O) groups excluding carboxylic acids is 1. The molecule has 2 aromatic carbocycles. The Bertz CT molecular complexity index is 1210. The molecule has 0 bridgehead atoms. The van der Waals surface area contributed by atoms with Crippen LogP contribution in [0.25, 0.3) is 0 Å². The van der Waals surface area contributed by atoms with Crippen molar-refractivity contribution in [1.82, 2.24) is 10.6 Å². The second kappa shape index (κ2) is 14.1.